The molecule has 23 heavy (non-hydrogen) atoms. The average molecular weight is 328 g/mol. The van der Waals surface area contributed by atoms with Crippen molar-refractivity contribution in [2.24, 2.45) is 0 Å². The molecule has 116 valence electrons. The number of anilines is 2. The van der Waals surface area contributed by atoms with Crippen LogP contribution in [-0.2, 0) is 0 Å². The molecular weight excluding hydrogens is 312 g/mol. The molecule has 5 heteroatoms. The van der Waals surface area contributed by atoms with Crippen molar-refractivity contribution in [3.63, 3.8) is 0 Å². The Morgan fingerprint density at radius 2 is 1.83 bits per heavy atom. The third kappa shape index (κ3) is 2.78. The van der Waals surface area contributed by atoms with E-state index in [2.05, 4.69) is 16.4 Å². The number of halogens is 1. The second-order valence-corrected chi connectivity index (χ2v) is 5.98. The van der Waals surface area contributed by atoms with E-state index in [-0.39, 0.29) is 0 Å². The molecule has 0 unspecified atom stereocenters. The standard InChI is InChI=1S/C18H15ClN2O2/c1-11-8-16(14-9-12(19)2-4-15(14)20-11)21-13-3-5-17-18(10-13)23-7-6-22-17/h2-5,8-10H,6-7H2,1H3,(H,20,21)/p+1. The van der Waals surface area contributed by atoms with Crippen molar-refractivity contribution in [3.05, 3.63) is 53.2 Å². The van der Waals surface area contributed by atoms with Gasteiger partial charge >= 0.3 is 0 Å². The number of aryl methyl sites for hydroxylation is 1. The number of benzene rings is 2. The lowest BCUT2D eigenvalue weighted by Gasteiger charge is -2.19. The maximum absolute atomic E-state index is 6.15. The number of hydrogen-bond acceptors (Lipinski definition) is 3. The van der Waals surface area contributed by atoms with Gasteiger partial charge in [-0.2, -0.15) is 0 Å². The topological polar surface area (TPSA) is 44.6 Å². The summed E-state index contributed by atoms with van der Waals surface area (Å²) in [5.74, 6) is 1.55. The van der Waals surface area contributed by atoms with E-state index < -0.39 is 0 Å². The van der Waals surface area contributed by atoms with Crippen LogP contribution in [0, 0.1) is 6.92 Å². The third-order valence-corrected chi connectivity index (χ3v) is 4.02. The van der Waals surface area contributed by atoms with E-state index in [0.29, 0.717) is 18.2 Å². The Labute approximate surface area is 139 Å². The van der Waals surface area contributed by atoms with Crippen molar-refractivity contribution in [1.29, 1.82) is 0 Å². The highest BCUT2D eigenvalue weighted by Gasteiger charge is 2.14. The molecule has 0 aliphatic carbocycles. The zero-order valence-electron chi connectivity index (χ0n) is 12.7. The lowest BCUT2D eigenvalue weighted by molar-refractivity contribution is -0.354. The summed E-state index contributed by atoms with van der Waals surface area (Å²) in [6.45, 7) is 3.20. The molecule has 0 atom stereocenters. The van der Waals surface area contributed by atoms with Crippen LogP contribution in [-0.4, -0.2) is 13.2 Å². The molecule has 0 fully saturated rings. The van der Waals surface area contributed by atoms with Gasteiger partial charge < -0.3 is 14.8 Å². The Bertz CT molecular complexity index is 896. The number of H-pyrrole nitrogens is 1. The fraction of sp³-hybridized carbons (Fsp3) is 0.167. The average Bonchev–Trinajstić information content (AvgIpc) is 2.55. The van der Waals surface area contributed by atoms with Gasteiger partial charge in [0.05, 0.1) is 11.1 Å². The first-order valence-electron chi connectivity index (χ1n) is 7.48. The summed E-state index contributed by atoms with van der Waals surface area (Å²) < 4.78 is 11.2. The summed E-state index contributed by atoms with van der Waals surface area (Å²) in [6, 6.07) is 13.7. The van der Waals surface area contributed by atoms with Gasteiger partial charge in [0, 0.05) is 35.8 Å². The highest BCUT2D eigenvalue weighted by molar-refractivity contribution is 6.31. The summed E-state index contributed by atoms with van der Waals surface area (Å²) in [5, 5.41) is 5.20. The Balaban J connectivity index is 1.76. The van der Waals surface area contributed by atoms with Crippen LogP contribution in [0.25, 0.3) is 10.9 Å². The van der Waals surface area contributed by atoms with Gasteiger partial charge in [0.2, 0.25) is 5.52 Å². The molecule has 1 aromatic heterocycles. The number of aromatic nitrogens is 1. The minimum Gasteiger partial charge on any atom is -0.486 e. The number of ether oxygens (including phenoxy) is 2. The van der Waals surface area contributed by atoms with E-state index in [4.69, 9.17) is 21.1 Å². The number of pyridine rings is 1. The van der Waals surface area contributed by atoms with Crippen molar-refractivity contribution in [1.82, 2.24) is 0 Å². The normalized spacial score (nSPS) is 13.1. The Morgan fingerprint density at radius 1 is 1.00 bits per heavy atom. The smallest absolute Gasteiger partial charge is 0.213 e. The van der Waals surface area contributed by atoms with Gasteiger partial charge in [-0.25, -0.2) is 4.98 Å². The van der Waals surface area contributed by atoms with E-state index in [1.165, 1.54) is 0 Å². The molecule has 0 spiro atoms. The van der Waals surface area contributed by atoms with E-state index in [1.807, 2.05) is 43.3 Å². The number of aromatic amines is 1. The van der Waals surface area contributed by atoms with Crippen molar-refractivity contribution < 1.29 is 14.5 Å². The number of hydrogen-bond donors (Lipinski definition) is 1. The lowest BCUT2D eigenvalue weighted by Crippen LogP contribution is -2.15. The highest BCUT2D eigenvalue weighted by Crippen LogP contribution is 2.34. The first kappa shape index (κ1) is 14.2. The van der Waals surface area contributed by atoms with Gasteiger partial charge in [-0.3, -0.25) is 0 Å². The number of fused-ring (bicyclic) bond motifs is 2. The van der Waals surface area contributed by atoms with E-state index in [1.54, 1.807) is 0 Å². The zero-order valence-corrected chi connectivity index (χ0v) is 13.4. The van der Waals surface area contributed by atoms with Crippen LogP contribution in [0.1, 0.15) is 5.69 Å². The van der Waals surface area contributed by atoms with Gasteiger partial charge in [0.1, 0.15) is 13.2 Å². The predicted molar refractivity (Wildman–Crippen MR) is 91.0 cm³/mol. The maximum atomic E-state index is 6.15. The molecule has 1 aliphatic heterocycles. The Morgan fingerprint density at radius 3 is 2.70 bits per heavy atom. The van der Waals surface area contributed by atoms with Crippen LogP contribution in [0.5, 0.6) is 11.5 Å². The molecule has 2 heterocycles. The summed E-state index contributed by atoms with van der Waals surface area (Å²) in [7, 11) is 0. The summed E-state index contributed by atoms with van der Waals surface area (Å²) in [5.41, 5.74) is 4.05. The van der Waals surface area contributed by atoms with Crippen LogP contribution in [0.3, 0.4) is 0 Å². The molecule has 0 bridgehead atoms. The minimum atomic E-state index is 0.578. The molecular formula is C18H16ClN2O2+. The van der Waals surface area contributed by atoms with Gasteiger partial charge in [-0.15, -0.1) is 0 Å². The molecule has 3 aromatic rings. The van der Waals surface area contributed by atoms with Gasteiger partial charge in [0.25, 0.3) is 0 Å². The Hall–Kier alpha value is -2.46. The fourth-order valence-electron chi connectivity index (χ4n) is 2.77. The van der Waals surface area contributed by atoms with Crippen LogP contribution in [0.2, 0.25) is 5.02 Å². The molecule has 0 saturated carbocycles. The molecule has 2 aromatic carbocycles. The quantitative estimate of drug-likeness (QED) is 0.769. The second kappa shape index (κ2) is 5.63. The van der Waals surface area contributed by atoms with Crippen molar-refractivity contribution >= 4 is 33.9 Å². The summed E-state index contributed by atoms with van der Waals surface area (Å²) in [4.78, 5) is 3.35. The van der Waals surface area contributed by atoms with Gasteiger partial charge in [-0.1, -0.05) is 11.6 Å². The largest absolute Gasteiger partial charge is 0.486 e. The lowest BCUT2D eigenvalue weighted by atomic mass is 10.1. The van der Waals surface area contributed by atoms with Crippen molar-refractivity contribution in [2.75, 3.05) is 18.5 Å². The molecule has 0 radical (unpaired) electrons. The van der Waals surface area contributed by atoms with Crippen molar-refractivity contribution in [2.45, 2.75) is 6.92 Å². The fourth-order valence-corrected chi connectivity index (χ4v) is 2.94. The molecule has 1 aliphatic rings. The van der Waals surface area contributed by atoms with E-state index in [0.717, 1.165) is 39.5 Å². The number of rotatable bonds is 2. The highest BCUT2D eigenvalue weighted by atomic mass is 35.5. The van der Waals surface area contributed by atoms with Crippen molar-refractivity contribution in [3.8, 4) is 11.5 Å². The third-order valence-electron chi connectivity index (χ3n) is 3.79. The molecule has 4 nitrogen and oxygen atoms in total. The van der Waals surface area contributed by atoms with Crippen LogP contribution >= 0.6 is 11.6 Å². The Kier molecular flexibility index (Phi) is 3.46. The van der Waals surface area contributed by atoms with Crippen LogP contribution in [0.15, 0.2) is 42.5 Å². The molecule has 0 amide bonds. The van der Waals surface area contributed by atoms with Gasteiger partial charge in [0.15, 0.2) is 17.2 Å². The summed E-state index contributed by atoms with van der Waals surface area (Å²) in [6.07, 6.45) is 0. The maximum Gasteiger partial charge on any atom is 0.213 e. The first-order valence-corrected chi connectivity index (χ1v) is 7.86. The molecule has 4 rings (SSSR count). The van der Waals surface area contributed by atoms with Crippen LogP contribution in [0.4, 0.5) is 11.4 Å². The van der Waals surface area contributed by atoms with E-state index in [9.17, 15) is 0 Å². The molecule has 0 saturated heterocycles. The predicted octanol–water partition coefficient (Wildman–Crippen LogP) is 4.13. The second-order valence-electron chi connectivity index (χ2n) is 5.54. The molecule has 2 N–H and O–H groups in total. The monoisotopic (exact) mass is 327 g/mol. The zero-order chi connectivity index (χ0) is 15.8. The number of nitrogens with one attached hydrogen (secondary N) is 2. The van der Waals surface area contributed by atoms with Crippen LogP contribution < -0.4 is 19.8 Å². The van der Waals surface area contributed by atoms with Gasteiger partial charge in [-0.05, 0) is 24.3 Å². The SMILES string of the molecule is Cc1cc(Nc2ccc3c(c2)OCCO3)c2cc(Cl)ccc2[nH+]1. The van der Waals surface area contributed by atoms with E-state index >= 15 is 0 Å². The summed E-state index contributed by atoms with van der Waals surface area (Å²) >= 11 is 6.15. The minimum absolute atomic E-state index is 0.578. The first-order chi connectivity index (χ1) is 11.2.